The Kier molecular flexibility index (Phi) is 4.01. The van der Waals surface area contributed by atoms with Crippen molar-refractivity contribution in [1.29, 1.82) is 0 Å². The zero-order valence-electron chi connectivity index (χ0n) is 10.3. The molecule has 100 valence electrons. The van der Waals surface area contributed by atoms with Crippen LogP contribution in [0, 0.1) is 6.92 Å². The average Bonchev–Trinajstić information content (AvgIpc) is 2.62. The number of nitrogens with two attached hydrogens (primary N) is 1. The van der Waals surface area contributed by atoms with E-state index in [0.29, 0.717) is 18.1 Å². The van der Waals surface area contributed by atoms with Gasteiger partial charge in [0.15, 0.2) is 5.69 Å². The fourth-order valence-electron chi connectivity index (χ4n) is 2.06. The molecular formula is C12H13ClN4OS. The molecule has 1 aromatic carbocycles. The maximum atomic E-state index is 10.2. The SMILES string of the molecule is Cc1cccc2c(N=NC(N)=S)c(O)n(CCCl)c12. The van der Waals surface area contributed by atoms with Crippen molar-refractivity contribution in [3.05, 3.63) is 23.8 Å². The number of rotatable bonds is 3. The van der Waals surface area contributed by atoms with E-state index >= 15 is 0 Å². The predicted octanol–water partition coefficient (Wildman–Crippen LogP) is 3.22. The zero-order chi connectivity index (χ0) is 14.0. The van der Waals surface area contributed by atoms with Crippen molar-refractivity contribution in [2.45, 2.75) is 13.5 Å². The summed E-state index contributed by atoms with van der Waals surface area (Å²) in [6.07, 6.45) is 0. The van der Waals surface area contributed by atoms with Gasteiger partial charge in [0.25, 0.3) is 0 Å². The summed E-state index contributed by atoms with van der Waals surface area (Å²) >= 11 is 10.4. The van der Waals surface area contributed by atoms with Crippen LogP contribution in [0.15, 0.2) is 28.4 Å². The Morgan fingerprint density at radius 3 is 2.89 bits per heavy atom. The highest BCUT2D eigenvalue weighted by Crippen LogP contribution is 2.40. The number of aromatic nitrogens is 1. The van der Waals surface area contributed by atoms with Crippen molar-refractivity contribution >= 4 is 45.5 Å². The van der Waals surface area contributed by atoms with Crippen LogP contribution in [-0.4, -0.2) is 20.7 Å². The molecule has 0 amide bonds. The molecule has 3 N–H and O–H groups in total. The lowest BCUT2D eigenvalue weighted by Crippen LogP contribution is -2.01. The minimum atomic E-state index is -0.0784. The standard InChI is InChI=1S/C12H13ClN4OS/c1-7-3-2-4-8-9(15-16-12(14)19)11(18)17(6-5-13)10(7)8/h2-4,18H,5-6H2,1H3,(H2,14,19). The van der Waals surface area contributed by atoms with Crippen LogP contribution < -0.4 is 5.73 Å². The Labute approximate surface area is 120 Å². The molecule has 5 nitrogen and oxygen atoms in total. The second-order valence-corrected chi connectivity index (χ2v) is 4.82. The number of fused-ring (bicyclic) bond motifs is 1. The van der Waals surface area contributed by atoms with Crippen LogP contribution in [0.3, 0.4) is 0 Å². The first-order chi connectivity index (χ1) is 9.06. The predicted molar refractivity (Wildman–Crippen MR) is 80.4 cm³/mol. The van der Waals surface area contributed by atoms with Gasteiger partial charge in [-0.2, -0.15) is 0 Å². The zero-order valence-corrected chi connectivity index (χ0v) is 11.9. The third kappa shape index (κ3) is 2.54. The molecule has 1 aromatic heterocycles. The van der Waals surface area contributed by atoms with E-state index in [-0.39, 0.29) is 11.0 Å². The Bertz CT molecular complexity index is 665. The lowest BCUT2D eigenvalue weighted by molar-refractivity contribution is 0.427. The second kappa shape index (κ2) is 5.54. The van der Waals surface area contributed by atoms with Crippen molar-refractivity contribution in [2.75, 3.05) is 5.88 Å². The molecule has 0 aliphatic carbocycles. The number of aryl methyl sites for hydroxylation is 2. The molecule has 2 rings (SSSR count). The third-order valence-electron chi connectivity index (χ3n) is 2.79. The fourth-order valence-corrected chi connectivity index (χ4v) is 2.27. The maximum Gasteiger partial charge on any atom is 0.220 e. The van der Waals surface area contributed by atoms with Crippen molar-refractivity contribution in [3.63, 3.8) is 0 Å². The Hall–Kier alpha value is -1.66. The number of para-hydroxylation sites is 1. The van der Waals surface area contributed by atoms with Gasteiger partial charge in [-0.25, -0.2) is 0 Å². The Balaban J connectivity index is 2.73. The van der Waals surface area contributed by atoms with Crippen LogP contribution in [0.2, 0.25) is 0 Å². The van der Waals surface area contributed by atoms with Crippen LogP contribution in [-0.2, 0) is 6.54 Å². The number of nitrogens with zero attached hydrogens (tertiary/aromatic N) is 3. The van der Waals surface area contributed by atoms with Crippen molar-refractivity contribution in [3.8, 4) is 5.88 Å². The fraction of sp³-hybridized carbons (Fsp3) is 0.250. The van der Waals surface area contributed by atoms with Gasteiger partial charge in [-0.1, -0.05) is 18.2 Å². The molecular weight excluding hydrogens is 284 g/mol. The highest BCUT2D eigenvalue weighted by atomic mass is 35.5. The van der Waals surface area contributed by atoms with Crippen molar-refractivity contribution in [1.82, 2.24) is 4.57 Å². The molecule has 0 aliphatic rings. The van der Waals surface area contributed by atoms with Crippen LogP contribution >= 0.6 is 23.8 Å². The molecule has 0 saturated heterocycles. The molecule has 2 aromatic rings. The first-order valence-electron chi connectivity index (χ1n) is 5.64. The van der Waals surface area contributed by atoms with Gasteiger partial charge >= 0.3 is 0 Å². The molecule has 0 radical (unpaired) electrons. The van der Waals surface area contributed by atoms with E-state index in [0.717, 1.165) is 16.5 Å². The minimum Gasteiger partial charge on any atom is -0.493 e. The Morgan fingerprint density at radius 1 is 1.53 bits per heavy atom. The van der Waals surface area contributed by atoms with Crippen LogP contribution in [0.25, 0.3) is 10.9 Å². The molecule has 0 fully saturated rings. The number of alkyl halides is 1. The van der Waals surface area contributed by atoms with Gasteiger partial charge in [-0.05, 0) is 24.7 Å². The quantitative estimate of drug-likeness (QED) is 0.519. The normalized spacial score (nSPS) is 11.5. The monoisotopic (exact) mass is 296 g/mol. The van der Waals surface area contributed by atoms with E-state index in [1.807, 2.05) is 25.1 Å². The first kappa shape index (κ1) is 13.8. The number of benzene rings is 1. The minimum absolute atomic E-state index is 0.0185. The molecule has 0 aliphatic heterocycles. The van der Waals surface area contributed by atoms with Gasteiger partial charge in [0.2, 0.25) is 11.0 Å². The Morgan fingerprint density at radius 2 is 2.26 bits per heavy atom. The molecule has 7 heteroatoms. The van der Waals surface area contributed by atoms with Crippen molar-refractivity contribution in [2.24, 2.45) is 16.0 Å². The summed E-state index contributed by atoms with van der Waals surface area (Å²) in [6, 6.07) is 5.71. The number of halogens is 1. The molecule has 0 unspecified atom stereocenters. The highest BCUT2D eigenvalue weighted by Gasteiger charge is 2.17. The maximum absolute atomic E-state index is 10.2. The number of aromatic hydroxyl groups is 1. The first-order valence-corrected chi connectivity index (χ1v) is 6.58. The summed E-state index contributed by atoms with van der Waals surface area (Å²) in [7, 11) is 0. The van der Waals surface area contributed by atoms with Gasteiger partial charge in [0, 0.05) is 17.8 Å². The lowest BCUT2D eigenvalue weighted by Gasteiger charge is -2.05. The van der Waals surface area contributed by atoms with E-state index in [1.165, 1.54) is 0 Å². The van der Waals surface area contributed by atoms with Crippen LogP contribution in [0.1, 0.15) is 5.56 Å². The van der Waals surface area contributed by atoms with Crippen molar-refractivity contribution < 1.29 is 5.11 Å². The number of hydrogen-bond acceptors (Lipinski definition) is 3. The lowest BCUT2D eigenvalue weighted by atomic mass is 10.1. The van der Waals surface area contributed by atoms with E-state index in [2.05, 4.69) is 22.4 Å². The summed E-state index contributed by atoms with van der Waals surface area (Å²) in [5.74, 6) is 0.405. The molecule has 0 bridgehead atoms. The number of thiocarbonyl (C=S) groups is 1. The summed E-state index contributed by atoms with van der Waals surface area (Å²) in [5.41, 5.74) is 7.56. The largest absolute Gasteiger partial charge is 0.493 e. The van der Waals surface area contributed by atoms with Gasteiger partial charge < -0.3 is 15.4 Å². The summed E-state index contributed by atoms with van der Waals surface area (Å²) in [4.78, 5) is 0. The van der Waals surface area contributed by atoms with E-state index in [9.17, 15) is 5.11 Å². The molecule has 1 heterocycles. The molecule has 0 atom stereocenters. The summed E-state index contributed by atoms with van der Waals surface area (Å²) < 4.78 is 1.71. The summed E-state index contributed by atoms with van der Waals surface area (Å²) in [6.45, 7) is 2.44. The topological polar surface area (TPSA) is 75.9 Å². The van der Waals surface area contributed by atoms with Crippen LogP contribution in [0.5, 0.6) is 5.88 Å². The van der Waals surface area contributed by atoms with Gasteiger partial charge in [-0.15, -0.1) is 21.8 Å². The molecule has 0 spiro atoms. The van der Waals surface area contributed by atoms with E-state index in [1.54, 1.807) is 4.57 Å². The van der Waals surface area contributed by atoms with E-state index < -0.39 is 0 Å². The molecule has 0 saturated carbocycles. The van der Waals surface area contributed by atoms with E-state index in [4.69, 9.17) is 17.3 Å². The second-order valence-electron chi connectivity index (χ2n) is 4.02. The highest BCUT2D eigenvalue weighted by molar-refractivity contribution is 7.80. The van der Waals surface area contributed by atoms with Gasteiger partial charge in [0.1, 0.15) is 0 Å². The number of azo groups is 1. The summed E-state index contributed by atoms with van der Waals surface area (Å²) in [5, 5.41) is 18.5. The van der Waals surface area contributed by atoms with Crippen LogP contribution in [0.4, 0.5) is 5.69 Å². The number of hydrogen-bond donors (Lipinski definition) is 2. The smallest absolute Gasteiger partial charge is 0.220 e. The van der Waals surface area contributed by atoms with Gasteiger partial charge in [0.05, 0.1) is 5.52 Å². The molecule has 19 heavy (non-hydrogen) atoms. The van der Waals surface area contributed by atoms with Gasteiger partial charge in [-0.3, -0.25) is 0 Å². The third-order valence-corrected chi connectivity index (χ3v) is 3.04. The average molecular weight is 297 g/mol.